The van der Waals surface area contributed by atoms with Gasteiger partial charge in [0.15, 0.2) is 0 Å². The summed E-state index contributed by atoms with van der Waals surface area (Å²) in [6, 6.07) is 23.5. The zero-order valence-electron chi connectivity index (χ0n) is 17.6. The fourth-order valence-electron chi connectivity index (χ4n) is 3.05. The van der Waals surface area contributed by atoms with Crippen molar-refractivity contribution in [2.45, 2.75) is 17.9 Å². The Kier molecular flexibility index (Phi) is 7.54. The summed E-state index contributed by atoms with van der Waals surface area (Å²) in [6.07, 6.45) is 0.611. The Labute approximate surface area is 201 Å². The standard InChI is InChI=1S/C24H22BrN3O4S/c25-19-11-13-20(14-12-19)33(29,30)28-23-24(27-22-10-5-4-9-21(22)26-23)32-16-6-15-31-17-18-7-2-1-3-8-18/h1-5,7-14H,6,15-17H2,(H,26,28). The maximum atomic E-state index is 12.9. The van der Waals surface area contributed by atoms with Crippen LogP contribution in [0.5, 0.6) is 5.88 Å². The van der Waals surface area contributed by atoms with Gasteiger partial charge in [-0.3, -0.25) is 4.72 Å². The molecule has 0 radical (unpaired) electrons. The molecule has 1 aromatic heterocycles. The molecule has 3 aromatic carbocycles. The Morgan fingerprint density at radius 1 is 0.818 bits per heavy atom. The number of ether oxygens (including phenoxy) is 2. The van der Waals surface area contributed by atoms with Gasteiger partial charge < -0.3 is 9.47 Å². The minimum Gasteiger partial charge on any atom is -0.475 e. The monoisotopic (exact) mass is 527 g/mol. The van der Waals surface area contributed by atoms with Gasteiger partial charge in [-0.05, 0) is 42.0 Å². The molecule has 4 aromatic rings. The first kappa shape index (κ1) is 23.2. The summed E-state index contributed by atoms with van der Waals surface area (Å²) in [4.78, 5) is 9.02. The minimum atomic E-state index is -3.87. The third-order valence-electron chi connectivity index (χ3n) is 4.68. The van der Waals surface area contributed by atoms with E-state index in [9.17, 15) is 8.42 Å². The van der Waals surface area contributed by atoms with Crippen molar-refractivity contribution in [2.24, 2.45) is 0 Å². The van der Waals surface area contributed by atoms with Crippen LogP contribution in [0.3, 0.4) is 0 Å². The molecule has 0 spiro atoms. The first-order valence-corrected chi connectivity index (χ1v) is 12.6. The quantitative estimate of drug-likeness (QED) is 0.286. The number of benzene rings is 3. The van der Waals surface area contributed by atoms with E-state index in [2.05, 4.69) is 30.6 Å². The summed E-state index contributed by atoms with van der Waals surface area (Å²) in [6.45, 7) is 1.32. The van der Waals surface area contributed by atoms with Gasteiger partial charge in [-0.25, -0.2) is 18.4 Å². The molecule has 1 heterocycles. The maximum Gasteiger partial charge on any atom is 0.263 e. The molecule has 170 valence electrons. The highest BCUT2D eigenvalue weighted by Crippen LogP contribution is 2.26. The molecule has 0 fully saturated rings. The summed E-state index contributed by atoms with van der Waals surface area (Å²) < 4.78 is 40.5. The van der Waals surface area contributed by atoms with Gasteiger partial charge in [0, 0.05) is 10.9 Å². The van der Waals surface area contributed by atoms with E-state index in [-0.39, 0.29) is 16.6 Å². The number of aromatic nitrogens is 2. The maximum absolute atomic E-state index is 12.9. The number of rotatable bonds is 10. The van der Waals surface area contributed by atoms with Gasteiger partial charge in [0.1, 0.15) is 0 Å². The van der Waals surface area contributed by atoms with E-state index in [0.717, 1.165) is 10.0 Å². The summed E-state index contributed by atoms with van der Waals surface area (Å²) in [5, 5.41) is 0. The SMILES string of the molecule is O=S(=O)(Nc1nc2ccccc2nc1OCCCOCc1ccccc1)c1ccc(Br)cc1. The van der Waals surface area contributed by atoms with Crippen LogP contribution in [0.15, 0.2) is 88.2 Å². The van der Waals surface area contributed by atoms with Crippen LogP contribution < -0.4 is 9.46 Å². The molecule has 0 aliphatic carbocycles. The predicted molar refractivity (Wildman–Crippen MR) is 131 cm³/mol. The largest absolute Gasteiger partial charge is 0.475 e. The average molecular weight is 528 g/mol. The lowest BCUT2D eigenvalue weighted by molar-refractivity contribution is 0.107. The molecule has 0 atom stereocenters. The van der Waals surface area contributed by atoms with Crippen LogP contribution in [0.1, 0.15) is 12.0 Å². The molecule has 4 rings (SSSR count). The molecular formula is C24H22BrN3O4S. The van der Waals surface area contributed by atoms with Gasteiger partial charge in [0.05, 0.1) is 35.7 Å². The zero-order chi connectivity index (χ0) is 23.1. The fourth-order valence-corrected chi connectivity index (χ4v) is 4.31. The van der Waals surface area contributed by atoms with Gasteiger partial charge in [0.25, 0.3) is 15.9 Å². The van der Waals surface area contributed by atoms with Crippen molar-refractivity contribution in [2.75, 3.05) is 17.9 Å². The number of hydrogen-bond acceptors (Lipinski definition) is 6. The van der Waals surface area contributed by atoms with Crippen molar-refractivity contribution in [1.82, 2.24) is 9.97 Å². The summed E-state index contributed by atoms with van der Waals surface area (Å²) in [5.41, 5.74) is 2.27. The lowest BCUT2D eigenvalue weighted by Crippen LogP contribution is -2.16. The summed E-state index contributed by atoms with van der Waals surface area (Å²) in [7, 11) is -3.87. The molecule has 0 aliphatic heterocycles. The normalized spacial score (nSPS) is 11.4. The molecule has 0 aliphatic rings. The first-order chi connectivity index (χ1) is 16.0. The van der Waals surface area contributed by atoms with Crippen LogP contribution >= 0.6 is 15.9 Å². The van der Waals surface area contributed by atoms with Crippen molar-refractivity contribution in [3.8, 4) is 5.88 Å². The molecule has 0 amide bonds. The number of nitrogens with one attached hydrogen (secondary N) is 1. The number of fused-ring (bicyclic) bond motifs is 1. The second kappa shape index (κ2) is 10.7. The Balaban J connectivity index is 1.45. The second-order valence-electron chi connectivity index (χ2n) is 7.17. The molecule has 0 saturated carbocycles. The lowest BCUT2D eigenvalue weighted by Gasteiger charge is -2.13. The highest BCUT2D eigenvalue weighted by molar-refractivity contribution is 9.10. The summed E-state index contributed by atoms with van der Waals surface area (Å²) in [5.74, 6) is 0.166. The lowest BCUT2D eigenvalue weighted by atomic mass is 10.2. The Morgan fingerprint density at radius 3 is 2.21 bits per heavy atom. The second-order valence-corrected chi connectivity index (χ2v) is 9.76. The molecule has 1 N–H and O–H groups in total. The Hall–Kier alpha value is -3.01. The Morgan fingerprint density at radius 2 is 1.48 bits per heavy atom. The minimum absolute atomic E-state index is 0.0434. The van der Waals surface area contributed by atoms with Gasteiger partial charge in [0.2, 0.25) is 5.82 Å². The summed E-state index contributed by atoms with van der Waals surface area (Å²) >= 11 is 3.31. The van der Waals surface area contributed by atoms with E-state index in [1.807, 2.05) is 42.5 Å². The van der Waals surface area contributed by atoms with Crippen LogP contribution in [-0.4, -0.2) is 31.6 Å². The molecule has 33 heavy (non-hydrogen) atoms. The molecular weight excluding hydrogens is 506 g/mol. The number of nitrogens with zero attached hydrogens (tertiary/aromatic N) is 2. The van der Waals surface area contributed by atoms with Gasteiger partial charge in [-0.2, -0.15) is 0 Å². The zero-order valence-corrected chi connectivity index (χ0v) is 20.1. The number of sulfonamides is 1. The smallest absolute Gasteiger partial charge is 0.263 e. The number of halogens is 1. The molecule has 0 bridgehead atoms. The van der Waals surface area contributed by atoms with Gasteiger partial charge in [-0.15, -0.1) is 0 Å². The van der Waals surface area contributed by atoms with E-state index in [1.165, 1.54) is 12.1 Å². The van der Waals surface area contributed by atoms with Crippen molar-refractivity contribution in [1.29, 1.82) is 0 Å². The Bertz CT molecular complexity index is 1320. The van der Waals surface area contributed by atoms with E-state index < -0.39 is 10.0 Å². The van der Waals surface area contributed by atoms with Crippen LogP contribution in [-0.2, 0) is 21.4 Å². The number of anilines is 1. The van der Waals surface area contributed by atoms with Crippen LogP contribution in [0.25, 0.3) is 11.0 Å². The van der Waals surface area contributed by atoms with E-state index in [4.69, 9.17) is 9.47 Å². The van der Waals surface area contributed by atoms with Crippen LogP contribution in [0.4, 0.5) is 5.82 Å². The first-order valence-electron chi connectivity index (χ1n) is 10.3. The average Bonchev–Trinajstić information content (AvgIpc) is 2.82. The number of para-hydroxylation sites is 2. The van der Waals surface area contributed by atoms with Crippen molar-refractivity contribution in [3.05, 3.63) is 88.9 Å². The van der Waals surface area contributed by atoms with Crippen LogP contribution in [0.2, 0.25) is 0 Å². The third kappa shape index (κ3) is 6.28. The highest BCUT2D eigenvalue weighted by atomic mass is 79.9. The van der Waals surface area contributed by atoms with E-state index >= 15 is 0 Å². The van der Waals surface area contributed by atoms with Gasteiger partial charge >= 0.3 is 0 Å². The molecule has 0 saturated heterocycles. The van der Waals surface area contributed by atoms with E-state index in [1.54, 1.807) is 24.3 Å². The fraction of sp³-hybridized carbons (Fsp3) is 0.167. The third-order valence-corrected chi connectivity index (χ3v) is 6.56. The topological polar surface area (TPSA) is 90.4 Å². The highest BCUT2D eigenvalue weighted by Gasteiger charge is 2.19. The number of hydrogen-bond donors (Lipinski definition) is 1. The predicted octanol–water partition coefficient (Wildman–Crippen LogP) is 5.18. The van der Waals surface area contributed by atoms with Crippen LogP contribution in [0, 0.1) is 0 Å². The van der Waals surface area contributed by atoms with E-state index in [0.29, 0.717) is 37.3 Å². The molecule has 0 unspecified atom stereocenters. The van der Waals surface area contributed by atoms with Crippen molar-refractivity contribution >= 4 is 42.8 Å². The molecule has 9 heteroatoms. The van der Waals surface area contributed by atoms with Crippen molar-refractivity contribution in [3.63, 3.8) is 0 Å². The molecule has 7 nitrogen and oxygen atoms in total. The van der Waals surface area contributed by atoms with Gasteiger partial charge in [-0.1, -0.05) is 58.4 Å². The van der Waals surface area contributed by atoms with Crippen molar-refractivity contribution < 1.29 is 17.9 Å².